The number of ether oxygens (including phenoxy) is 2. The molecule has 1 aliphatic carbocycles. The number of alkyl carbamates (subject to hydrolysis) is 1. The first-order chi connectivity index (χ1) is 15.7. The molecule has 0 aromatic carbocycles. The van der Waals surface area contributed by atoms with Crippen molar-refractivity contribution >= 4 is 19.3 Å². The van der Waals surface area contributed by atoms with Gasteiger partial charge in [-0.3, -0.25) is 0 Å². The molecule has 1 unspecified atom stereocenters. The van der Waals surface area contributed by atoms with E-state index < -0.39 is 23.8 Å². The number of rotatable bonds is 5. The van der Waals surface area contributed by atoms with Gasteiger partial charge in [0.25, 0.3) is 0 Å². The van der Waals surface area contributed by atoms with Gasteiger partial charge in [-0.15, -0.1) is 0 Å². The number of carboxylic acid groups (broad SMARTS) is 1. The van der Waals surface area contributed by atoms with Crippen molar-refractivity contribution in [3.63, 3.8) is 0 Å². The van der Waals surface area contributed by atoms with Gasteiger partial charge in [-0.05, 0) is 86.0 Å². The van der Waals surface area contributed by atoms with Crippen LogP contribution >= 0.6 is 0 Å². The van der Waals surface area contributed by atoms with Crippen LogP contribution in [0.1, 0.15) is 80.6 Å². The Labute approximate surface area is 203 Å². The monoisotopic (exact) mass is 480 g/mol. The van der Waals surface area contributed by atoms with Gasteiger partial charge in [0, 0.05) is 6.54 Å². The third-order valence-electron chi connectivity index (χ3n) is 7.18. The number of hydrogen-bond donors (Lipinski definition) is 2. The molecule has 2 N–H and O–H groups in total. The van der Waals surface area contributed by atoms with Crippen molar-refractivity contribution in [1.82, 2.24) is 10.2 Å². The van der Waals surface area contributed by atoms with Gasteiger partial charge in [0.15, 0.2) is 0 Å². The standard InChI is InChI=1S/C24H41BN2O7/c1-22(2,3)32-20(28)26-18-9-8-14-27(21(29)30)19(18)15-31-17-12-10-16(11-13-17)25-33-23(4,5)24(6,7)34-25/h10,17-19H,8-9,11-15H2,1-7H3,(H,26,28)(H,29,30)/t17?,18-,19-/m0/s1. The van der Waals surface area contributed by atoms with E-state index in [4.69, 9.17) is 18.8 Å². The lowest BCUT2D eigenvalue weighted by molar-refractivity contribution is -0.0158. The van der Waals surface area contributed by atoms with Crippen LogP contribution in [0.25, 0.3) is 0 Å². The van der Waals surface area contributed by atoms with Gasteiger partial charge in [-0.1, -0.05) is 6.08 Å². The fraction of sp³-hybridized carbons (Fsp3) is 0.833. The topological polar surface area (TPSA) is 107 Å². The van der Waals surface area contributed by atoms with Gasteiger partial charge in [0.05, 0.1) is 36.0 Å². The molecule has 2 fully saturated rings. The second-order valence-electron chi connectivity index (χ2n) is 11.5. The molecule has 0 aromatic rings. The summed E-state index contributed by atoms with van der Waals surface area (Å²) in [5.41, 5.74) is -0.236. The van der Waals surface area contributed by atoms with Crippen molar-refractivity contribution in [2.45, 2.75) is 116 Å². The van der Waals surface area contributed by atoms with Crippen molar-refractivity contribution in [3.8, 4) is 0 Å². The van der Waals surface area contributed by atoms with Gasteiger partial charge >= 0.3 is 19.3 Å². The lowest BCUT2D eigenvalue weighted by atomic mass is 9.72. The third kappa shape index (κ3) is 6.46. The van der Waals surface area contributed by atoms with Gasteiger partial charge in [0.2, 0.25) is 0 Å². The summed E-state index contributed by atoms with van der Waals surface area (Å²) in [5, 5.41) is 12.6. The Balaban J connectivity index is 1.58. The highest BCUT2D eigenvalue weighted by Crippen LogP contribution is 2.40. The number of nitrogens with zero attached hydrogens (tertiary/aromatic N) is 1. The first-order valence-electron chi connectivity index (χ1n) is 12.3. The number of nitrogens with one attached hydrogen (secondary N) is 1. The molecule has 3 aliphatic rings. The van der Waals surface area contributed by atoms with Crippen LogP contribution in [0, 0.1) is 0 Å². The van der Waals surface area contributed by atoms with Gasteiger partial charge in [0.1, 0.15) is 5.60 Å². The van der Waals surface area contributed by atoms with Crippen LogP contribution in [0.4, 0.5) is 9.59 Å². The average Bonchev–Trinajstić information content (AvgIpc) is 2.92. The smallest absolute Gasteiger partial charge is 0.465 e. The molecule has 0 saturated carbocycles. The van der Waals surface area contributed by atoms with E-state index >= 15 is 0 Å². The number of piperidine rings is 1. The molecule has 2 saturated heterocycles. The SMILES string of the molecule is CC(C)(C)OC(=O)N[C@H]1CCCN(C(=O)O)[C@H]1COC1CC=C(B2OC(C)(C)C(C)(C)O2)CC1. The van der Waals surface area contributed by atoms with Crippen molar-refractivity contribution < 1.29 is 33.5 Å². The summed E-state index contributed by atoms with van der Waals surface area (Å²) in [4.78, 5) is 25.6. The minimum Gasteiger partial charge on any atom is -0.465 e. The molecule has 2 aliphatic heterocycles. The third-order valence-corrected chi connectivity index (χ3v) is 7.18. The van der Waals surface area contributed by atoms with Crippen LogP contribution in [0.2, 0.25) is 0 Å². The summed E-state index contributed by atoms with van der Waals surface area (Å²) >= 11 is 0. The van der Waals surface area contributed by atoms with Crippen molar-refractivity contribution in [1.29, 1.82) is 0 Å². The van der Waals surface area contributed by atoms with Crippen molar-refractivity contribution in [2.75, 3.05) is 13.2 Å². The quantitative estimate of drug-likeness (QED) is 0.570. The molecule has 0 aromatic heterocycles. The predicted molar refractivity (Wildman–Crippen MR) is 129 cm³/mol. The van der Waals surface area contributed by atoms with E-state index in [1.165, 1.54) is 4.90 Å². The van der Waals surface area contributed by atoms with Crippen LogP contribution in [0.3, 0.4) is 0 Å². The van der Waals surface area contributed by atoms with Gasteiger partial charge in [-0.2, -0.15) is 0 Å². The number of amides is 2. The van der Waals surface area contributed by atoms with Crippen molar-refractivity contribution in [3.05, 3.63) is 11.5 Å². The maximum atomic E-state index is 12.3. The number of carbonyl (C=O) groups excluding carboxylic acids is 1. The zero-order valence-electron chi connectivity index (χ0n) is 21.7. The lowest BCUT2D eigenvalue weighted by Gasteiger charge is -2.40. The van der Waals surface area contributed by atoms with E-state index in [2.05, 4.69) is 11.4 Å². The summed E-state index contributed by atoms with van der Waals surface area (Å²) < 4.78 is 23.9. The minimum atomic E-state index is -1.00. The molecule has 3 atom stereocenters. The zero-order chi connectivity index (χ0) is 25.3. The lowest BCUT2D eigenvalue weighted by Crippen LogP contribution is -2.59. The summed E-state index contributed by atoms with van der Waals surface area (Å²) in [6, 6.07) is -0.827. The largest absolute Gasteiger partial charge is 0.490 e. The second kappa shape index (κ2) is 10.1. The van der Waals surface area contributed by atoms with E-state index in [1.54, 1.807) is 20.8 Å². The second-order valence-corrected chi connectivity index (χ2v) is 11.5. The normalized spacial score (nSPS) is 28.9. The Hall–Kier alpha value is -1.78. The van der Waals surface area contributed by atoms with Gasteiger partial charge in [-0.25, -0.2) is 9.59 Å². The van der Waals surface area contributed by atoms with Crippen LogP contribution in [0.5, 0.6) is 0 Å². The Kier molecular flexibility index (Phi) is 7.94. The van der Waals surface area contributed by atoms with E-state index in [1.807, 2.05) is 27.7 Å². The van der Waals surface area contributed by atoms with Crippen LogP contribution < -0.4 is 5.32 Å². The van der Waals surface area contributed by atoms with Crippen molar-refractivity contribution in [2.24, 2.45) is 0 Å². The highest BCUT2D eigenvalue weighted by atomic mass is 16.7. The highest BCUT2D eigenvalue weighted by molar-refractivity contribution is 6.54. The molecule has 2 amide bonds. The molecule has 2 heterocycles. The molecule has 10 heteroatoms. The number of carbonyl (C=O) groups is 2. The number of hydrogen-bond acceptors (Lipinski definition) is 6. The minimum absolute atomic E-state index is 0.0223. The van der Waals surface area contributed by atoms with Crippen LogP contribution in [-0.4, -0.2) is 77.5 Å². The molecular weight excluding hydrogens is 439 g/mol. The zero-order valence-corrected chi connectivity index (χ0v) is 21.7. The molecule has 192 valence electrons. The maximum absolute atomic E-state index is 12.3. The Bertz CT molecular complexity index is 777. The maximum Gasteiger partial charge on any atom is 0.490 e. The molecule has 34 heavy (non-hydrogen) atoms. The van der Waals surface area contributed by atoms with Crippen LogP contribution in [0.15, 0.2) is 11.5 Å². The van der Waals surface area contributed by atoms with E-state index in [9.17, 15) is 14.7 Å². The number of allylic oxidation sites excluding steroid dienone is 1. The first kappa shape index (κ1) is 26.8. The summed E-state index contributed by atoms with van der Waals surface area (Å²) in [6.07, 6.45) is 4.23. The van der Waals surface area contributed by atoms with Gasteiger partial charge < -0.3 is 34.1 Å². The molecule has 3 rings (SSSR count). The number of likely N-dealkylation sites (tertiary alicyclic amines) is 1. The molecular formula is C24H41BN2O7. The summed E-state index contributed by atoms with van der Waals surface area (Å²) in [7, 11) is -0.339. The summed E-state index contributed by atoms with van der Waals surface area (Å²) in [5.74, 6) is 0. The summed E-state index contributed by atoms with van der Waals surface area (Å²) in [6.45, 7) is 14.2. The molecule has 9 nitrogen and oxygen atoms in total. The Morgan fingerprint density at radius 2 is 1.85 bits per heavy atom. The van der Waals surface area contributed by atoms with Crippen LogP contribution in [-0.2, 0) is 18.8 Å². The first-order valence-corrected chi connectivity index (χ1v) is 12.3. The molecule has 0 spiro atoms. The predicted octanol–water partition coefficient (Wildman–Crippen LogP) is 4.15. The highest BCUT2D eigenvalue weighted by Gasteiger charge is 2.52. The Morgan fingerprint density at radius 1 is 1.21 bits per heavy atom. The average molecular weight is 480 g/mol. The van der Waals surface area contributed by atoms with E-state index in [0.717, 1.165) is 18.3 Å². The fourth-order valence-electron chi connectivity index (χ4n) is 4.55. The molecule has 0 radical (unpaired) electrons. The molecule has 0 bridgehead atoms. The van der Waals surface area contributed by atoms with E-state index in [0.29, 0.717) is 25.8 Å². The Morgan fingerprint density at radius 3 is 2.38 bits per heavy atom. The fourth-order valence-corrected chi connectivity index (χ4v) is 4.55. The van der Waals surface area contributed by atoms with E-state index in [-0.39, 0.29) is 37.1 Å².